The van der Waals surface area contributed by atoms with Gasteiger partial charge in [0.1, 0.15) is 0 Å². The van der Waals surface area contributed by atoms with Gasteiger partial charge in [-0.3, -0.25) is 0 Å². The van der Waals surface area contributed by atoms with Crippen molar-refractivity contribution in [3.05, 3.63) is 36.0 Å². The van der Waals surface area contributed by atoms with Gasteiger partial charge in [0, 0.05) is 0 Å². The lowest BCUT2D eigenvalue weighted by Crippen LogP contribution is -1.65. The van der Waals surface area contributed by atoms with E-state index in [1.54, 1.807) is 0 Å². The fourth-order valence-electron chi connectivity index (χ4n) is 0.768. The van der Waals surface area contributed by atoms with Crippen LogP contribution in [0.5, 0.6) is 0 Å². The minimum absolute atomic E-state index is 1.12. The summed E-state index contributed by atoms with van der Waals surface area (Å²) in [5.41, 5.74) is 2.51. The first kappa shape index (κ1) is 5.36. The smallest absolute Gasteiger partial charge is 0.0307 e. The first-order valence-electron chi connectivity index (χ1n) is 2.90. The molecule has 0 saturated carbocycles. The largest absolute Gasteiger partial charge is 0.0918 e. The van der Waals surface area contributed by atoms with Gasteiger partial charge >= 0.3 is 0 Å². The van der Waals surface area contributed by atoms with Crippen LogP contribution in [0, 0.1) is 0 Å². The molecule has 1 rings (SSSR count). The SMILES string of the molecule is C=C1C=CC(CC)=C1. The van der Waals surface area contributed by atoms with Crippen molar-refractivity contribution in [1.29, 1.82) is 0 Å². The van der Waals surface area contributed by atoms with Crippen LogP contribution in [0.25, 0.3) is 0 Å². The van der Waals surface area contributed by atoms with Crippen LogP contribution in [0.15, 0.2) is 36.0 Å². The summed E-state index contributed by atoms with van der Waals surface area (Å²) in [5.74, 6) is 0. The van der Waals surface area contributed by atoms with Crippen molar-refractivity contribution in [3.63, 3.8) is 0 Å². The molecule has 0 fully saturated rings. The lowest BCUT2D eigenvalue weighted by Gasteiger charge is -1.84. The lowest BCUT2D eigenvalue weighted by atomic mass is 10.2. The van der Waals surface area contributed by atoms with Crippen molar-refractivity contribution in [2.24, 2.45) is 0 Å². The molecule has 0 saturated heterocycles. The van der Waals surface area contributed by atoms with Crippen molar-refractivity contribution in [2.45, 2.75) is 13.3 Å². The summed E-state index contributed by atoms with van der Waals surface area (Å²) in [6, 6.07) is 0. The van der Waals surface area contributed by atoms with E-state index in [4.69, 9.17) is 0 Å². The van der Waals surface area contributed by atoms with Crippen molar-refractivity contribution >= 4 is 0 Å². The Balaban J connectivity index is 2.72. The summed E-state index contributed by atoms with van der Waals surface area (Å²) >= 11 is 0. The van der Waals surface area contributed by atoms with E-state index in [-0.39, 0.29) is 0 Å². The molecule has 0 unspecified atom stereocenters. The van der Waals surface area contributed by atoms with Gasteiger partial charge < -0.3 is 0 Å². The summed E-state index contributed by atoms with van der Waals surface area (Å²) in [6.07, 6.45) is 7.39. The van der Waals surface area contributed by atoms with E-state index in [1.807, 2.05) is 6.08 Å². The molecule has 0 nitrogen and oxygen atoms in total. The van der Waals surface area contributed by atoms with Crippen LogP contribution in [0.2, 0.25) is 0 Å². The zero-order valence-corrected chi connectivity index (χ0v) is 5.15. The maximum absolute atomic E-state index is 3.79. The molecule has 1 aliphatic rings. The van der Waals surface area contributed by atoms with E-state index < -0.39 is 0 Å². The highest BCUT2D eigenvalue weighted by Gasteiger charge is 1.94. The van der Waals surface area contributed by atoms with Crippen LogP contribution in [-0.2, 0) is 0 Å². The van der Waals surface area contributed by atoms with Crippen molar-refractivity contribution in [3.8, 4) is 0 Å². The standard InChI is InChI=1S/C8H10/c1-3-8-5-4-7(2)6-8/h4-6H,2-3H2,1H3. The highest BCUT2D eigenvalue weighted by Crippen LogP contribution is 2.14. The molecule has 8 heavy (non-hydrogen) atoms. The van der Waals surface area contributed by atoms with Gasteiger partial charge in [0.15, 0.2) is 0 Å². The van der Waals surface area contributed by atoms with Gasteiger partial charge in [0.05, 0.1) is 0 Å². The molecule has 0 atom stereocenters. The monoisotopic (exact) mass is 106 g/mol. The molecule has 0 amide bonds. The molecule has 42 valence electrons. The van der Waals surface area contributed by atoms with Crippen molar-refractivity contribution in [2.75, 3.05) is 0 Å². The Labute approximate surface area is 50.2 Å². The molecule has 0 N–H and O–H groups in total. The highest BCUT2D eigenvalue weighted by molar-refractivity contribution is 5.43. The van der Waals surface area contributed by atoms with Crippen LogP contribution in [0.3, 0.4) is 0 Å². The fraction of sp³-hybridized carbons (Fsp3) is 0.250. The van der Waals surface area contributed by atoms with E-state index in [9.17, 15) is 0 Å². The Kier molecular flexibility index (Phi) is 1.34. The molecule has 0 bridgehead atoms. The Morgan fingerprint density at radius 3 is 2.50 bits per heavy atom. The van der Waals surface area contributed by atoms with Gasteiger partial charge in [0.2, 0.25) is 0 Å². The van der Waals surface area contributed by atoms with Gasteiger partial charge in [0.25, 0.3) is 0 Å². The van der Waals surface area contributed by atoms with Crippen LogP contribution in [0.1, 0.15) is 13.3 Å². The normalized spacial score (nSPS) is 17.1. The average molecular weight is 106 g/mol. The summed E-state index contributed by atoms with van der Waals surface area (Å²) in [4.78, 5) is 0. The van der Waals surface area contributed by atoms with E-state index in [1.165, 1.54) is 5.57 Å². The third-order valence-corrected chi connectivity index (χ3v) is 1.29. The number of hydrogen-bond donors (Lipinski definition) is 0. The quantitative estimate of drug-likeness (QED) is 0.481. The van der Waals surface area contributed by atoms with Crippen LogP contribution < -0.4 is 0 Å². The van der Waals surface area contributed by atoms with E-state index in [2.05, 4.69) is 25.7 Å². The molecule has 0 aromatic rings. The minimum Gasteiger partial charge on any atom is -0.0918 e. The van der Waals surface area contributed by atoms with Gasteiger partial charge in [-0.15, -0.1) is 0 Å². The molecular weight excluding hydrogens is 96.1 g/mol. The maximum Gasteiger partial charge on any atom is -0.0307 e. The Hall–Kier alpha value is -0.780. The van der Waals surface area contributed by atoms with E-state index in [0.717, 1.165) is 12.0 Å². The van der Waals surface area contributed by atoms with Crippen LogP contribution >= 0.6 is 0 Å². The molecule has 0 aromatic heterocycles. The molecule has 0 heteroatoms. The van der Waals surface area contributed by atoms with Crippen LogP contribution in [0.4, 0.5) is 0 Å². The van der Waals surface area contributed by atoms with Crippen LogP contribution in [-0.4, -0.2) is 0 Å². The third-order valence-electron chi connectivity index (χ3n) is 1.29. The Bertz CT molecular complexity index is 159. The second-order valence-electron chi connectivity index (χ2n) is 1.98. The van der Waals surface area contributed by atoms with E-state index >= 15 is 0 Å². The van der Waals surface area contributed by atoms with Gasteiger partial charge in [-0.05, 0) is 17.6 Å². The molecule has 0 aromatic carbocycles. The zero-order valence-electron chi connectivity index (χ0n) is 5.15. The second kappa shape index (κ2) is 1.99. The number of hydrogen-bond acceptors (Lipinski definition) is 0. The third kappa shape index (κ3) is 0.890. The topological polar surface area (TPSA) is 0 Å². The molecule has 0 spiro atoms. The number of rotatable bonds is 1. The first-order valence-corrected chi connectivity index (χ1v) is 2.90. The first-order chi connectivity index (χ1) is 3.83. The summed E-state index contributed by atoms with van der Waals surface area (Å²) in [6.45, 7) is 5.94. The number of allylic oxidation sites excluding steroid dienone is 5. The Morgan fingerprint density at radius 1 is 1.50 bits per heavy atom. The highest BCUT2D eigenvalue weighted by atomic mass is 14.0. The maximum atomic E-state index is 3.79. The predicted molar refractivity (Wildman–Crippen MR) is 36.7 cm³/mol. The van der Waals surface area contributed by atoms with Crippen molar-refractivity contribution in [1.82, 2.24) is 0 Å². The van der Waals surface area contributed by atoms with E-state index in [0.29, 0.717) is 0 Å². The predicted octanol–water partition coefficient (Wildman–Crippen LogP) is 2.45. The molecule has 0 aliphatic heterocycles. The second-order valence-corrected chi connectivity index (χ2v) is 1.98. The fourth-order valence-corrected chi connectivity index (χ4v) is 0.768. The Morgan fingerprint density at radius 2 is 2.25 bits per heavy atom. The zero-order chi connectivity index (χ0) is 5.98. The van der Waals surface area contributed by atoms with Gasteiger partial charge in [-0.2, -0.15) is 0 Å². The van der Waals surface area contributed by atoms with Gasteiger partial charge in [-0.1, -0.05) is 31.7 Å². The molecular formula is C8H10. The average Bonchev–Trinajstić information content (AvgIpc) is 2.14. The van der Waals surface area contributed by atoms with Crippen molar-refractivity contribution < 1.29 is 0 Å². The summed E-state index contributed by atoms with van der Waals surface area (Å²) in [7, 11) is 0. The molecule has 0 radical (unpaired) electrons. The summed E-state index contributed by atoms with van der Waals surface area (Å²) in [5, 5.41) is 0. The minimum atomic E-state index is 1.12. The molecule has 1 aliphatic carbocycles. The molecule has 0 heterocycles. The van der Waals surface area contributed by atoms with Gasteiger partial charge in [-0.25, -0.2) is 0 Å². The lowest BCUT2D eigenvalue weighted by molar-refractivity contribution is 1.16. The summed E-state index contributed by atoms with van der Waals surface area (Å²) < 4.78 is 0.